The van der Waals surface area contributed by atoms with Crippen LogP contribution in [0.2, 0.25) is 0 Å². The van der Waals surface area contributed by atoms with Crippen LogP contribution in [-0.4, -0.2) is 48.3 Å². The fourth-order valence-corrected chi connectivity index (χ4v) is 3.43. The average molecular weight is 402 g/mol. The minimum atomic E-state index is -0.559. The summed E-state index contributed by atoms with van der Waals surface area (Å²) >= 11 is 0. The van der Waals surface area contributed by atoms with Gasteiger partial charge in [0, 0.05) is 43.5 Å². The minimum absolute atomic E-state index is 0.0469. The highest BCUT2D eigenvalue weighted by Gasteiger charge is 2.23. The molecule has 0 spiro atoms. The van der Waals surface area contributed by atoms with Gasteiger partial charge in [-0.2, -0.15) is 0 Å². The molecule has 2 amide bonds. The van der Waals surface area contributed by atoms with E-state index in [2.05, 4.69) is 20.9 Å². The molecule has 9 heteroatoms. The largest absolute Gasteiger partial charge is 0.386 e. The van der Waals surface area contributed by atoms with E-state index >= 15 is 0 Å². The number of benzene rings is 1. The number of amides is 2. The van der Waals surface area contributed by atoms with E-state index in [1.165, 1.54) is 24.4 Å². The second kappa shape index (κ2) is 9.42. The molecule has 1 unspecified atom stereocenters. The van der Waals surface area contributed by atoms with Gasteiger partial charge in [-0.25, -0.2) is 18.6 Å². The van der Waals surface area contributed by atoms with Crippen molar-refractivity contribution in [3.8, 4) is 0 Å². The molecule has 154 valence electrons. The third kappa shape index (κ3) is 5.26. The summed E-state index contributed by atoms with van der Waals surface area (Å²) in [6, 6.07) is 4.90. The van der Waals surface area contributed by atoms with Crippen LogP contribution < -0.4 is 16.0 Å². The van der Waals surface area contributed by atoms with Gasteiger partial charge in [-0.15, -0.1) is 0 Å². The number of halogens is 2. The summed E-state index contributed by atoms with van der Waals surface area (Å²) in [6.45, 7) is 1.37. The molecular weight excluding hydrogens is 378 g/mol. The van der Waals surface area contributed by atoms with Crippen molar-refractivity contribution < 1.29 is 13.6 Å². The second-order valence-electron chi connectivity index (χ2n) is 6.92. The van der Waals surface area contributed by atoms with Gasteiger partial charge in [0.2, 0.25) is 0 Å². The minimum Gasteiger partial charge on any atom is -0.386 e. The number of likely N-dealkylation sites (tertiary alicyclic amines) is 1. The monoisotopic (exact) mass is 402 g/mol. The number of urea groups is 1. The Morgan fingerprint density at radius 2 is 2.14 bits per heavy atom. The Bertz CT molecular complexity index is 871. The number of hydrogen-bond acceptors (Lipinski definition) is 5. The molecule has 0 aliphatic carbocycles. The molecule has 4 N–H and O–H groups in total. The van der Waals surface area contributed by atoms with E-state index in [4.69, 9.17) is 5.41 Å². The first-order chi connectivity index (χ1) is 14.0. The standard InChI is InChI=1S/C20H24F2N6O/c1-24-18-10-25-19(8-13(18)9-23)27-20(29)26-14-4-3-7-28(11-14)12-15-16(21)5-2-6-17(15)22/h2,5-6,8-10,14,23-24H,3-4,7,11-12H2,1H3,(H2,25,26,27,29). The molecule has 7 nitrogen and oxygen atoms in total. The zero-order valence-corrected chi connectivity index (χ0v) is 16.1. The molecule has 1 aromatic heterocycles. The average Bonchev–Trinajstić information content (AvgIpc) is 2.71. The van der Waals surface area contributed by atoms with Crippen molar-refractivity contribution in [1.82, 2.24) is 15.2 Å². The number of carbonyl (C=O) groups excluding carboxylic acids is 1. The van der Waals surface area contributed by atoms with Crippen molar-refractivity contribution in [1.29, 1.82) is 5.41 Å². The summed E-state index contributed by atoms with van der Waals surface area (Å²) in [5, 5.41) is 15.9. The van der Waals surface area contributed by atoms with Crippen molar-refractivity contribution in [2.75, 3.05) is 30.8 Å². The molecule has 1 atom stereocenters. The molecule has 3 rings (SSSR count). The quantitative estimate of drug-likeness (QED) is 0.559. The summed E-state index contributed by atoms with van der Waals surface area (Å²) in [7, 11) is 1.73. The van der Waals surface area contributed by atoms with E-state index in [-0.39, 0.29) is 18.2 Å². The van der Waals surface area contributed by atoms with E-state index in [0.29, 0.717) is 30.2 Å². The fraction of sp³-hybridized carbons (Fsp3) is 0.350. The predicted molar refractivity (Wildman–Crippen MR) is 108 cm³/mol. The number of nitrogens with zero attached hydrogens (tertiary/aromatic N) is 2. The molecule has 0 bridgehead atoms. The molecule has 1 aromatic carbocycles. The van der Waals surface area contributed by atoms with Gasteiger partial charge in [-0.05, 0) is 37.6 Å². The maximum atomic E-state index is 13.9. The van der Waals surface area contributed by atoms with Gasteiger partial charge >= 0.3 is 6.03 Å². The lowest BCUT2D eigenvalue weighted by molar-refractivity contribution is 0.180. The lowest BCUT2D eigenvalue weighted by Crippen LogP contribution is -2.48. The first kappa shape index (κ1) is 20.7. The summed E-state index contributed by atoms with van der Waals surface area (Å²) < 4.78 is 27.8. The first-order valence-electron chi connectivity index (χ1n) is 9.41. The Hall–Kier alpha value is -3.07. The smallest absolute Gasteiger partial charge is 0.320 e. The maximum absolute atomic E-state index is 13.9. The molecule has 0 radical (unpaired) electrons. The van der Waals surface area contributed by atoms with E-state index in [1.54, 1.807) is 19.3 Å². The van der Waals surface area contributed by atoms with Gasteiger partial charge in [0.1, 0.15) is 17.5 Å². The third-order valence-corrected chi connectivity index (χ3v) is 4.89. The molecule has 1 saturated heterocycles. The number of piperidine rings is 1. The number of rotatable bonds is 6. The van der Waals surface area contributed by atoms with E-state index in [9.17, 15) is 13.6 Å². The third-order valence-electron chi connectivity index (χ3n) is 4.89. The number of carbonyl (C=O) groups is 1. The van der Waals surface area contributed by atoms with Crippen molar-refractivity contribution in [3.05, 3.63) is 53.2 Å². The van der Waals surface area contributed by atoms with Crippen molar-refractivity contribution in [3.63, 3.8) is 0 Å². The molecule has 1 aliphatic heterocycles. The molecule has 29 heavy (non-hydrogen) atoms. The van der Waals surface area contributed by atoms with Crippen LogP contribution >= 0.6 is 0 Å². The highest BCUT2D eigenvalue weighted by molar-refractivity contribution is 5.91. The van der Waals surface area contributed by atoms with Crippen LogP contribution in [-0.2, 0) is 6.54 Å². The number of hydrogen-bond donors (Lipinski definition) is 4. The van der Waals surface area contributed by atoms with Crippen LogP contribution in [0.1, 0.15) is 24.0 Å². The van der Waals surface area contributed by atoms with Gasteiger partial charge < -0.3 is 16.0 Å². The Morgan fingerprint density at radius 3 is 2.83 bits per heavy atom. The van der Waals surface area contributed by atoms with E-state index in [1.807, 2.05) is 4.90 Å². The highest BCUT2D eigenvalue weighted by Crippen LogP contribution is 2.19. The Kier molecular flexibility index (Phi) is 6.71. The number of aromatic nitrogens is 1. The van der Waals surface area contributed by atoms with Crippen LogP contribution in [0.15, 0.2) is 30.5 Å². The van der Waals surface area contributed by atoms with Crippen molar-refractivity contribution in [2.24, 2.45) is 0 Å². The summed E-state index contributed by atoms with van der Waals surface area (Å²) in [5.74, 6) is -0.784. The van der Waals surface area contributed by atoms with E-state index in [0.717, 1.165) is 12.8 Å². The Balaban J connectivity index is 1.57. The predicted octanol–water partition coefficient (Wildman–Crippen LogP) is 3.19. The van der Waals surface area contributed by atoms with Gasteiger partial charge in [0.25, 0.3) is 0 Å². The van der Waals surface area contributed by atoms with Crippen LogP contribution in [0.5, 0.6) is 0 Å². The molecule has 2 heterocycles. The van der Waals surface area contributed by atoms with Crippen LogP contribution in [0.3, 0.4) is 0 Å². The maximum Gasteiger partial charge on any atom is 0.320 e. The van der Waals surface area contributed by atoms with Crippen molar-refractivity contribution in [2.45, 2.75) is 25.4 Å². The zero-order valence-electron chi connectivity index (χ0n) is 16.1. The number of anilines is 2. The molecule has 2 aromatic rings. The lowest BCUT2D eigenvalue weighted by atomic mass is 10.0. The molecule has 1 aliphatic rings. The highest BCUT2D eigenvalue weighted by atomic mass is 19.1. The number of nitrogens with one attached hydrogen (secondary N) is 4. The first-order valence-corrected chi connectivity index (χ1v) is 9.41. The summed E-state index contributed by atoms with van der Waals surface area (Å²) in [5.41, 5.74) is 1.34. The van der Waals surface area contributed by atoms with Crippen LogP contribution in [0.4, 0.5) is 25.1 Å². The van der Waals surface area contributed by atoms with Gasteiger partial charge in [0.15, 0.2) is 0 Å². The Labute approximate surface area is 168 Å². The van der Waals surface area contributed by atoms with Crippen LogP contribution in [0, 0.1) is 17.0 Å². The topological polar surface area (TPSA) is 93.1 Å². The molecule has 0 saturated carbocycles. The lowest BCUT2D eigenvalue weighted by Gasteiger charge is -2.33. The van der Waals surface area contributed by atoms with E-state index < -0.39 is 17.7 Å². The zero-order chi connectivity index (χ0) is 20.8. The molecule has 1 fully saturated rings. The fourth-order valence-electron chi connectivity index (χ4n) is 3.43. The number of pyridine rings is 1. The van der Waals surface area contributed by atoms with Gasteiger partial charge in [0.05, 0.1) is 11.9 Å². The Morgan fingerprint density at radius 1 is 1.38 bits per heavy atom. The van der Waals surface area contributed by atoms with Gasteiger partial charge in [-0.1, -0.05) is 6.07 Å². The molecular formula is C20H24F2N6O. The van der Waals surface area contributed by atoms with Crippen LogP contribution in [0.25, 0.3) is 0 Å². The second-order valence-corrected chi connectivity index (χ2v) is 6.92. The van der Waals surface area contributed by atoms with Gasteiger partial charge in [-0.3, -0.25) is 10.2 Å². The summed E-state index contributed by atoms with van der Waals surface area (Å²) in [6.07, 6.45) is 4.31. The summed E-state index contributed by atoms with van der Waals surface area (Å²) in [4.78, 5) is 18.4. The van der Waals surface area contributed by atoms with Crippen molar-refractivity contribution >= 4 is 23.8 Å². The SMILES string of the molecule is CNc1cnc(NC(=O)NC2CCCN(Cc3c(F)cccc3F)C2)cc1C=N. The normalized spacial score (nSPS) is 16.9.